The lowest BCUT2D eigenvalue weighted by Gasteiger charge is -2.22. The normalized spacial score (nSPS) is 19.3. The van der Waals surface area contributed by atoms with E-state index >= 15 is 0 Å². The van der Waals surface area contributed by atoms with E-state index in [1.807, 2.05) is 10.9 Å². The predicted molar refractivity (Wildman–Crippen MR) is 72.3 cm³/mol. The molecule has 0 spiro atoms. The molecule has 1 saturated carbocycles. The summed E-state index contributed by atoms with van der Waals surface area (Å²) < 4.78 is 1.98. The van der Waals surface area contributed by atoms with Crippen molar-refractivity contribution in [1.29, 1.82) is 0 Å². The van der Waals surface area contributed by atoms with Crippen LogP contribution in [0.3, 0.4) is 0 Å². The van der Waals surface area contributed by atoms with Crippen LogP contribution in [0.1, 0.15) is 52.0 Å². The van der Waals surface area contributed by atoms with Gasteiger partial charge in [0.25, 0.3) is 0 Å². The van der Waals surface area contributed by atoms with Crippen LogP contribution >= 0.6 is 0 Å². The molecule has 0 bridgehead atoms. The van der Waals surface area contributed by atoms with Crippen molar-refractivity contribution in [2.45, 2.75) is 64.1 Å². The van der Waals surface area contributed by atoms with Crippen molar-refractivity contribution in [3.63, 3.8) is 0 Å². The lowest BCUT2D eigenvalue weighted by molar-refractivity contribution is 0.0475. The second-order valence-corrected chi connectivity index (χ2v) is 6.50. The Morgan fingerprint density at radius 2 is 2.06 bits per heavy atom. The fourth-order valence-electron chi connectivity index (χ4n) is 2.47. The summed E-state index contributed by atoms with van der Waals surface area (Å²) in [6.45, 7) is 7.88. The van der Waals surface area contributed by atoms with Crippen LogP contribution in [0.15, 0.2) is 12.4 Å². The minimum absolute atomic E-state index is 0.0297. The fraction of sp³-hybridized carbons (Fsp3) is 0.786. The van der Waals surface area contributed by atoms with E-state index in [0.29, 0.717) is 6.54 Å². The monoisotopic (exact) mass is 251 g/mol. The van der Waals surface area contributed by atoms with E-state index in [4.69, 9.17) is 0 Å². The third kappa shape index (κ3) is 3.33. The highest BCUT2D eigenvalue weighted by Crippen LogP contribution is 2.28. The standard InChI is InChI=1S/C14H25N3O/c1-13(2,3)17-10-12(9-16-17)8-15-11-14(18)6-4-5-7-14/h9-10,15,18H,4-8,11H2,1-3H3. The summed E-state index contributed by atoms with van der Waals surface area (Å²) in [6.07, 6.45) is 8.14. The summed E-state index contributed by atoms with van der Waals surface area (Å²) in [4.78, 5) is 0. The molecular weight excluding hydrogens is 226 g/mol. The molecule has 2 rings (SSSR count). The van der Waals surface area contributed by atoms with Crippen molar-refractivity contribution in [3.8, 4) is 0 Å². The molecule has 4 heteroatoms. The van der Waals surface area contributed by atoms with E-state index in [0.717, 1.165) is 32.2 Å². The summed E-state index contributed by atoms with van der Waals surface area (Å²) in [6, 6.07) is 0. The Morgan fingerprint density at radius 1 is 1.39 bits per heavy atom. The van der Waals surface area contributed by atoms with Gasteiger partial charge in [-0.2, -0.15) is 5.10 Å². The molecule has 0 radical (unpaired) electrons. The molecule has 0 amide bonds. The van der Waals surface area contributed by atoms with Crippen molar-refractivity contribution in [2.75, 3.05) is 6.54 Å². The van der Waals surface area contributed by atoms with Gasteiger partial charge in [0.1, 0.15) is 0 Å². The van der Waals surface area contributed by atoms with Crippen LogP contribution in [0.25, 0.3) is 0 Å². The second-order valence-electron chi connectivity index (χ2n) is 6.50. The Morgan fingerprint density at radius 3 is 2.61 bits per heavy atom. The lowest BCUT2D eigenvalue weighted by atomic mass is 10.0. The number of nitrogens with one attached hydrogen (secondary N) is 1. The summed E-state index contributed by atoms with van der Waals surface area (Å²) in [5.41, 5.74) is 0.730. The van der Waals surface area contributed by atoms with Crippen LogP contribution in [-0.2, 0) is 12.1 Å². The van der Waals surface area contributed by atoms with Crippen molar-refractivity contribution < 1.29 is 5.11 Å². The molecule has 0 unspecified atom stereocenters. The topological polar surface area (TPSA) is 50.1 Å². The average Bonchev–Trinajstić information content (AvgIpc) is 2.87. The van der Waals surface area contributed by atoms with Crippen molar-refractivity contribution >= 4 is 0 Å². The van der Waals surface area contributed by atoms with Gasteiger partial charge in [-0.25, -0.2) is 0 Å². The molecule has 0 aliphatic heterocycles. The first-order chi connectivity index (χ1) is 8.39. The molecule has 1 aromatic heterocycles. The van der Waals surface area contributed by atoms with E-state index in [1.54, 1.807) is 0 Å². The Kier molecular flexibility index (Phi) is 3.78. The lowest BCUT2D eigenvalue weighted by Crippen LogP contribution is -2.37. The van der Waals surface area contributed by atoms with Gasteiger partial charge < -0.3 is 10.4 Å². The summed E-state index contributed by atoms with van der Waals surface area (Å²) in [7, 11) is 0. The number of aromatic nitrogens is 2. The van der Waals surface area contributed by atoms with Crippen LogP contribution in [0.2, 0.25) is 0 Å². The van der Waals surface area contributed by atoms with Gasteiger partial charge in [-0.1, -0.05) is 12.8 Å². The summed E-state index contributed by atoms with van der Waals surface area (Å²) in [5.74, 6) is 0. The van der Waals surface area contributed by atoms with Crippen LogP contribution in [0.4, 0.5) is 0 Å². The Balaban J connectivity index is 1.82. The van der Waals surface area contributed by atoms with Gasteiger partial charge >= 0.3 is 0 Å². The molecule has 0 aromatic carbocycles. The number of rotatable bonds is 4. The largest absolute Gasteiger partial charge is 0.389 e. The molecule has 1 aromatic rings. The smallest absolute Gasteiger partial charge is 0.0771 e. The van der Waals surface area contributed by atoms with Crippen molar-refractivity contribution in [2.24, 2.45) is 0 Å². The van der Waals surface area contributed by atoms with Gasteiger partial charge in [0.2, 0.25) is 0 Å². The maximum absolute atomic E-state index is 10.2. The first kappa shape index (κ1) is 13.6. The number of aliphatic hydroxyl groups is 1. The molecule has 18 heavy (non-hydrogen) atoms. The first-order valence-electron chi connectivity index (χ1n) is 6.86. The van der Waals surface area contributed by atoms with Gasteiger partial charge in [0.15, 0.2) is 0 Å². The van der Waals surface area contributed by atoms with E-state index in [-0.39, 0.29) is 5.54 Å². The molecule has 2 N–H and O–H groups in total. The average molecular weight is 251 g/mol. The molecular formula is C14H25N3O. The molecule has 102 valence electrons. The maximum Gasteiger partial charge on any atom is 0.0771 e. The fourth-order valence-corrected chi connectivity index (χ4v) is 2.47. The second kappa shape index (κ2) is 5.02. The third-order valence-electron chi connectivity index (χ3n) is 3.64. The summed E-state index contributed by atoms with van der Waals surface area (Å²) in [5, 5.41) is 17.9. The third-order valence-corrected chi connectivity index (χ3v) is 3.64. The van der Waals surface area contributed by atoms with Gasteiger partial charge in [0.05, 0.1) is 17.3 Å². The molecule has 1 aliphatic rings. The first-order valence-corrected chi connectivity index (χ1v) is 6.86. The van der Waals surface area contributed by atoms with Crippen LogP contribution in [0, 0.1) is 0 Å². The van der Waals surface area contributed by atoms with E-state index in [1.165, 1.54) is 5.56 Å². The molecule has 0 saturated heterocycles. The van der Waals surface area contributed by atoms with Crippen molar-refractivity contribution in [1.82, 2.24) is 15.1 Å². The number of nitrogens with zero attached hydrogens (tertiary/aromatic N) is 2. The molecule has 4 nitrogen and oxygen atoms in total. The minimum atomic E-state index is -0.472. The predicted octanol–water partition coefficient (Wildman–Crippen LogP) is 2.03. The van der Waals surface area contributed by atoms with E-state index in [9.17, 15) is 5.11 Å². The highest BCUT2D eigenvalue weighted by molar-refractivity contribution is 5.05. The van der Waals surface area contributed by atoms with Gasteiger partial charge in [-0.05, 0) is 33.6 Å². The Labute approximate surface area is 109 Å². The molecule has 1 fully saturated rings. The number of hydrogen-bond donors (Lipinski definition) is 2. The number of hydrogen-bond acceptors (Lipinski definition) is 3. The zero-order valence-electron chi connectivity index (χ0n) is 11.7. The minimum Gasteiger partial charge on any atom is -0.389 e. The summed E-state index contributed by atoms with van der Waals surface area (Å²) >= 11 is 0. The molecule has 0 atom stereocenters. The van der Waals surface area contributed by atoms with Crippen LogP contribution in [0.5, 0.6) is 0 Å². The van der Waals surface area contributed by atoms with Gasteiger partial charge in [-0.15, -0.1) is 0 Å². The Hall–Kier alpha value is -0.870. The highest BCUT2D eigenvalue weighted by atomic mass is 16.3. The maximum atomic E-state index is 10.2. The van der Waals surface area contributed by atoms with E-state index < -0.39 is 5.60 Å². The SMILES string of the molecule is CC(C)(C)n1cc(CNCC2(O)CCCC2)cn1. The zero-order chi connectivity index (χ0) is 13.2. The van der Waals surface area contributed by atoms with Crippen molar-refractivity contribution in [3.05, 3.63) is 18.0 Å². The van der Waals surface area contributed by atoms with Crippen LogP contribution in [-0.4, -0.2) is 27.0 Å². The van der Waals surface area contributed by atoms with E-state index in [2.05, 4.69) is 37.4 Å². The zero-order valence-corrected chi connectivity index (χ0v) is 11.7. The van der Waals surface area contributed by atoms with Gasteiger partial charge in [-0.3, -0.25) is 4.68 Å². The molecule has 1 heterocycles. The molecule has 1 aliphatic carbocycles. The van der Waals surface area contributed by atoms with Gasteiger partial charge in [0, 0.05) is 24.8 Å². The highest BCUT2D eigenvalue weighted by Gasteiger charge is 2.30. The quantitative estimate of drug-likeness (QED) is 0.861. The Bertz CT molecular complexity index is 386. The van der Waals surface area contributed by atoms with Crippen LogP contribution < -0.4 is 5.32 Å².